The number of piperidine rings is 1. The van der Waals surface area contributed by atoms with E-state index in [-0.39, 0.29) is 0 Å². The summed E-state index contributed by atoms with van der Waals surface area (Å²) in [4.78, 5) is 12.4. The van der Waals surface area contributed by atoms with Crippen LogP contribution >= 0.6 is 11.6 Å². The summed E-state index contributed by atoms with van der Waals surface area (Å²) in [7, 11) is 0. The second kappa shape index (κ2) is 4.78. The van der Waals surface area contributed by atoms with Crippen molar-refractivity contribution in [1.29, 1.82) is 0 Å². The van der Waals surface area contributed by atoms with Gasteiger partial charge < -0.3 is 14.6 Å². The molecule has 1 fully saturated rings. The summed E-state index contributed by atoms with van der Waals surface area (Å²) in [5.74, 6) is 0. The molecule has 1 N–H and O–H groups in total. The summed E-state index contributed by atoms with van der Waals surface area (Å²) in [6, 6.07) is 8.31. The monoisotopic (exact) mass is 278 g/mol. The van der Waals surface area contributed by atoms with Crippen LogP contribution in [0, 0.1) is 0 Å². The van der Waals surface area contributed by atoms with E-state index in [2.05, 4.69) is 16.8 Å². The van der Waals surface area contributed by atoms with E-state index in [0.29, 0.717) is 19.1 Å². The average molecular weight is 279 g/mol. The quantitative estimate of drug-likeness (QED) is 0.866. The third-order valence-electron chi connectivity index (χ3n) is 3.81. The molecule has 0 aliphatic carbocycles. The molecule has 0 radical (unpaired) electrons. The Labute approximate surface area is 116 Å². The van der Waals surface area contributed by atoms with Gasteiger partial charge in [0, 0.05) is 41.3 Å². The number of hydrogen-bond acceptors (Lipinski definition) is 1. The fraction of sp³-hybridized carbons (Fsp3) is 0.357. The first kappa shape index (κ1) is 12.4. The maximum Gasteiger partial charge on any atom is 0.407 e. The number of halogens is 1. The first-order valence-corrected chi connectivity index (χ1v) is 6.77. The van der Waals surface area contributed by atoms with Crippen LogP contribution in [0.1, 0.15) is 18.9 Å². The van der Waals surface area contributed by atoms with Gasteiger partial charge >= 0.3 is 6.09 Å². The van der Waals surface area contributed by atoms with Gasteiger partial charge in [-0.2, -0.15) is 0 Å². The molecule has 19 heavy (non-hydrogen) atoms. The average Bonchev–Trinajstić information content (AvgIpc) is 2.81. The number of rotatable bonds is 1. The Kier molecular flexibility index (Phi) is 3.11. The SMILES string of the molecule is O=C(O)N1CCC(n2ccc3cc(Cl)ccc32)CC1. The Bertz CT molecular complexity index is 615. The van der Waals surface area contributed by atoms with Gasteiger partial charge in [-0.3, -0.25) is 0 Å². The second-order valence-corrected chi connectivity index (χ2v) is 5.36. The minimum absolute atomic E-state index is 0.370. The molecule has 1 aromatic carbocycles. The minimum Gasteiger partial charge on any atom is -0.465 e. The molecule has 5 heteroatoms. The van der Waals surface area contributed by atoms with Gasteiger partial charge in [-0.05, 0) is 37.1 Å². The molecule has 4 nitrogen and oxygen atoms in total. The summed E-state index contributed by atoms with van der Waals surface area (Å²) in [6.45, 7) is 1.21. The zero-order chi connectivity index (χ0) is 13.4. The molecule has 0 unspecified atom stereocenters. The zero-order valence-electron chi connectivity index (χ0n) is 10.4. The molecule has 1 aliphatic heterocycles. The van der Waals surface area contributed by atoms with E-state index in [1.165, 1.54) is 4.90 Å². The first-order valence-electron chi connectivity index (χ1n) is 6.39. The largest absolute Gasteiger partial charge is 0.465 e. The van der Waals surface area contributed by atoms with Crippen molar-refractivity contribution in [3.8, 4) is 0 Å². The van der Waals surface area contributed by atoms with Gasteiger partial charge in [-0.25, -0.2) is 4.79 Å². The highest BCUT2D eigenvalue weighted by atomic mass is 35.5. The zero-order valence-corrected chi connectivity index (χ0v) is 11.2. The predicted octanol–water partition coefficient (Wildman–Crippen LogP) is 3.61. The molecule has 0 saturated carbocycles. The normalized spacial score (nSPS) is 17.0. The number of likely N-dealkylation sites (tertiary alicyclic amines) is 1. The van der Waals surface area contributed by atoms with Crippen molar-refractivity contribution in [3.63, 3.8) is 0 Å². The minimum atomic E-state index is -0.817. The molecule has 1 amide bonds. The molecule has 0 bridgehead atoms. The maximum atomic E-state index is 10.9. The number of amides is 1. The Morgan fingerprint density at radius 3 is 2.68 bits per heavy atom. The van der Waals surface area contributed by atoms with Crippen LogP contribution in [0.4, 0.5) is 4.79 Å². The Hall–Kier alpha value is -1.68. The van der Waals surface area contributed by atoms with E-state index in [1.807, 2.05) is 18.2 Å². The summed E-state index contributed by atoms with van der Waals surface area (Å²) >= 11 is 5.99. The van der Waals surface area contributed by atoms with E-state index in [1.54, 1.807) is 0 Å². The van der Waals surface area contributed by atoms with Crippen LogP contribution in [0.2, 0.25) is 5.02 Å². The summed E-state index contributed by atoms with van der Waals surface area (Å²) in [5.41, 5.74) is 1.16. The number of aromatic nitrogens is 1. The number of carboxylic acid groups (broad SMARTS) is 1. The summed E-state index contributed by atoms with van der Waals surface area (Å²) < 4.78 is 2.24. The molecule has 2 aromatic rings. The van der Waals surface area contributed by atoms with Crippen molar-refractivity contribution < 1.29 is 9.90 Å². The van der Waals surface area contributed by atoms with Crippen LogP contribution in [0.15, 0.2) is 30.5 Å². The number of fused-ring (bicyclic) bond motifs is 1. The molecule has 2 heterocycles. The predicted molar refractivity (Wildman–Crippen MR) is 74.8 cm³/mol. The van der Waals surface area contributed by atoms with Crippen LogP contribution in [0.25, 0.3) is 10.9 Å². The van der Waals surface area contributed by atoms with Gasteiger partial charge in [-0.1, -0.05) is 11.6 Å². The van der Waals surface area contributed by atoms with Crippen molar-refractivity contribution in [3.05, 3.63) is 35.5 Å². The van der Waals surface area contributed by atoms with E-state index in [4.69, 9.17) is 16.7 Å². The summed E-state index contributed by atoms with van der Waals surface area (Å²) in [6.07, 6.45) is 2.97. The van der Waals surface area contributed by atoms with E-state index >= 15 is 0 Å². The lowest BCUT2D eigenvalue weighted by Crippen LogP contribution is -2.37. The highest BCUT2D eigenvalue weighted by Crippen LogP contribution is 2.29. The van der Waals surface area contributed by atoms with Crippen molar-refractivity contribution in [2.24, 2.45) is 0 Å². The second-order valence-electron chi connectivity index (χ2n) is 4.93. The smallest absolute Gasteiger partial charge is 0.407 e. The van der Waals surface area contributed by atoms with Crippen LogP contribution in [-0.4, -0.2) is 33.8 Å². The molecular formula is C14H15ClN2O2. The van der Waals surface area contributed by atoms with E-state index < -0.39 is 6.09 Å². The number of carbonyl (C=O) groups is 1. The molecule has 1 aliphatic rings. The molecule has 3 rings (SSSR count). The van der Waals surface area contributed by atoms with Gasteiger partial charge in [0.05, 0.1) is 0 Å². The van der Waals surface area contributed by atoms with Crippen molar-refractivity contribution in [2.45, 2.75) is 18.9 Å². The van der Waals surface area contributed by atoms with Crippen molar-refractivity contribution >= 4 is 28.6 Å². The molecule has 1 aromatic heterocycles. The number of benzene rings is 1. The number of hydrogen-bond donors (Lipinski definition) is 1. The fourth-order valence-electron chi connectivity index (χ4n) is 2.79. The Morgan fingerprint density at radius 2 is 2.00 bits per heavy atom. The summed E-state index contributed by atoms with van der Waals surface area (Å²) in [5, 5.41) is 10.8. The maximum absolute atomic E-state index is 10.9. The third kappa shape index (κ3) is 2.28. The Morgan fingerprint density at radius 1 is 1.26 bits per heavy atom. The van der Waals surface area contributed by atoms with Gasteiger partial charge in [0.2, 0.25) is 0 Å². The van der Waals surface area contributed by atoms with Gasteiger partial charge in [-0.15, -0.1) is 0 Å². The van der Waals surface area contributed by atoms with Crippen LogP contribution in [0.3, 0.4) is 0 Å². The van der Waals surface area contributed by atoms with Crippen LogP contribution in [-0.2, 0) is 0 Å². The highest BCUT2D eigenvalue weighted by molar-refractivity contribution is 6.31. The first-order chi connectivity index (χ1) is 9.15. The van der Waals surface area contributed by atoms with Crippen LogP contribution in [0.5, 0.6) is 0 Å². The molecule has 100 valence electrons. The van der Waals surface area contributed by atoms with E-state index in [0.717, 1.165) is 28.8 Å². The lowest BCUT2D eigenvalue weighted by molar-refractivity contribution is 0.126. The van der Waals surface area contributed by atoms with Crippen molar-refractivity contribution in [2.75, 3.05) is 13.1 Å². The van der Waals surface area contributed by atoms with Crippen LogP contribution < -0.4 is 0 Å². The topological polar surface area (TPSA) is 45.5 Å². The standard InChI is InChI=1S/C14H15ClN2O2/c15-11-1-2-13-10(9-11)3-8-17(13)12-4-6-16(7-5-12)14(18)19/h1-3,8-9,12H,4-7H2,(H,18,19). The highest BCUT2D eigenvalue weighted by Gasteiger charge is 2.23. The van der Waals surface area contributed by atoms with Gasteiger partial charge in [0.1, 0.15) is 0 Å². The van der Waals surface area contributed by atoms with Gasteiger partial charge in [0.25, 0.3) is 0 Å². The molecule has 0 atom stereocenters. The molecule has 0 spiro atoms. The fourth-order valence-corrected chi connectivity index (χ4v) is 2.97. The molecular weight excluding hydrogens is 264 g/mol. The molecule has 1 saturated heterocycles. The lowest BCUT2D eigenvalue weighted by atomic mass is 10.1. The third-order valence-corrected chi connectivity index (χ3v) is 4.05. The van der Waals surface area contributed by atoms with Crippen molar-refractivity contribution in [1.82, 2.24) is 9.47 Å². The number of nitrogens with zero attached hydrogens (tertiary/aromatic N) is 2. The lowest BCUT2D eigenvalue weighted by Gasteiger charge is -2.31. The Balaban J connectivity index is 1.84. The van der Waals surface area contributed by atoms with E-state index in [9.17, 15) is 4.79 Å². The van der Waals surface area contributed by atoms with Gasteiger partial charge in [0.15, 0.2) is 0 Å².